The van der Waals surface area contributed by atoms with Crippen molar-refractivity contribution >= 4 is 8.32 Å². The molecule has 0 N–H and O–H groups in total. The number of rotatable bonds is 16. The molecule has 198 valence electrons. The smallest absolute Gasteiger partial charge is 0.192 e. The normalized spacial score (nSPS) is 21.1. The summed E-state index contributed by atoms with van der Waals surface area (Å²) >= 11 is 0. The Morgan fingerprint density at radius 3 is 2.06 bits per heavy atom. The maximum atomic E-state index is 6.94. The summed E-state index contributed by atoms with van der Waals surface area (Å²) in [7, 11) is -2.01. The fourth-order valence-corrected chi connectivity index (χ4v) is 5.46. The van der Waals surface area contributed by atoms with E-state index < -0.39 is 8.32 Å². The van der Waals surface area contributed by atoms with Gasteiger partial charge in [-0.3, -0.25) is 0 Å². The molecule has 0 aliphatic carbocycles. The molecule has 1 saturated heterocycles. The predicted molar refractivity (Wildman–Crippen MR) is 149 cm³/mol. The third-order valence-corrected chi connectivity index (χ3v) is 12.1. The molecule has 0 amide bonds. The first-order valence-electron chi connectivity index (χ1n) is 13.2. The second-order valence-corrected chi connectivity index (χ2v) is 16.6. The quantitative estimate of drug-likeness (QED) is 0.131. The maximum Gasteiger partial charge on any atom is 0.192 e. The molecule has 1 unspecified atom stereocenters. The first-order valence-corrected chi connectivity index (χ1v) is 16.1. The van der Waals surface area contributed by atoms with Crippen LogP contribution in [0.2, 0.25) is 18.1 Å². The van der Waals surface area contributed by atoms with E-state index in [9.17, 15) is 0 Å². The van der Waals surface area contributed by atoms with Crippen LogP contribution >= 0.6 is 0 Å². The topological polar surface area (TPSA) is 40.2 Å². The van der Waals surface area contributed by atoms with Crippen LogP contribution < -0.4 is 0 Å². The Bertz CT molecular complexity index is 783. The van der Waals surface area contributed by atoms with Crippen molar-refractivity contribution in [1.29, 1.82) is 0 Å². The van der Waals surface area contributed by atoms with Gasteiger partial charge < -0.3 is 18.6 Å². The van der Waals surface area contributed by atoms with E-state index in [0.29, 0.717) is 6.61 Å². The molecule has 1 aliphatic rings. The average Bonchev–Trinajstić information content (AvgIpc) is 3.39. The van der Waals surface area contributed by atoms with E-state index in [4.69, 9.17) is 18.6 Å². The van der Waals surface area contributed by atoms with Crippen molar-refractivity contribution in [2.75, 3.05) is 0 Å². The van der Waals surface area contributed by atoms with E-state index in [-0.39, 0.29) is 41.2 Å². The molecule has 1 heterocycles. The maximum absolute atomic E-state index is 6.94. The van der Waals surface area contributed by atoms with Crippen LogP contribution in [0.4, 0.5) is 0 Å². The van der Waals surface area contributed by atoms with Gasteiger partial charge in [-0.05, 0) is 56.8 Å². The van der Waals surface area contributed by atoms with Crippen molar-refractivity contribution in [2.24, 2.45) is 0 Å². The summed E-state index contributed by atoms with van der Waals surface area (Å²) in [4.78, 5) is 0. The highest BCUT2D eigenvalue weighted by Gasteiger charge is 2.51. The van der Waals surface area contributed by atoms with Gasteiger partial charge in [0.2, 0.25) is 0 Å². The Kier molecular flexibility index (Phi) is 11.0. The lowest BCUT2D eigenvalue weighted by Crippen LogP contribution is -2.49. The van der Waals surface area contributed by atoms with Gasteiger partial charge in [0.1, 0.15) is 0 Å². The summed E-state index contributed by atoms with van der Waals surface area (Å²) in [5.74, 6) is 0. The molecule has 1 fully saturated rings. The van der Waals surface area contributed by atoms with Crippen LogP contribution in [0, 0.1) is 0 Å². The van der Waals surface area contributed by atoms with E-state index in [1.54, 1.807) is 0 Å². The zero-order valence-electron chi connectivity index (χ0n) is 23.5. The van der Waals surface area contributed by atoms with Crippen LogP contribution in [-0.2, 0) is 25.2 Å². The highest BCUT2D eigenvalue weighted by molar-refractivity contribution is 6.74. The molecule has 1 aromatic rings. The number of ether oxygens (including phenoxy) is 3. The second kappa shape index (κ2) is 12.8. The van der Waals surface area contributed by atoms with E-state index in [1.807, 2.05) is 30.4 Å². The van der Waals surface area contributed by atoms with Gasteiger partial charge in [0, 0.05) is 6.42 Å². The van der Waals surface area contributed by atoms with Gasteiger partial charge in [0.25, 0.3) is 0 Å². The van der Waals surface area contributed by atoms with Gasteiger partial charge >= 0.3 is 0 Å². The highest BCUT2D eigenvalue weighted by atomic mass is 28.4. The van der Waals surface area contributed by atoms with Crippen molar-refractivity contribution in [3.8, 4) is 0 Å². The van der Waals surface area contributed by atoms with Gasteiger partial charge in [-0.15, -0.1) is 13.2 Å². The molecule has 0 radical (unpaired) electrons. The largest absolute Gasteiger partial charge is 0.411 e. The fourth-order valence-electron chi connectivity index (χ4n) is 4.11. The lowest BCUT2D eigenvalue weighted by Gasteiger charge is -2.42. The molecular formula is C30H50O4Si. The summed E-state index contributed by atoms with van der Waals surface area (Å²) < 4.78 is 26.2. The van der Waals surface area contributed by atoms with Crippen molar-refractivity contribution in [2.45, 2.75) is 128 Å². The first-order chi connectivity index (χ1) is 16.3. The standard InChI is InChI=1S/C30H50O4Si/c1-11-17-25(31-22-23-19-15-14-16-20-23)24(13-3)32-27(21-28-30(7,8)33-28)26(18-12-2)34-35(9,10)29(4,5)6/h11-12,14-16,19-20,24-28H,1-2,13,17-18,21-22H2,3-10H3/t24-,25+,26+,27-,28?/m0/s1. The van der Waals surface area contributed by atoms with Gasteiger partial charge in [0.15, 0.2) is 8.32 Å². The predicted octanol–water partition coefficient (Wildman–Crippen LogP) is 7.85. The third kappa shape index (κ3) is 8.98. The van der Waals surface area contributed by atoms with Crippen molar-refractivity contribution in [3.05, 3.63) is 61.2 Å². The summed E-state index contributed by atoms with van der Waals surface area (Å²) in [6, 6.07) is 10.3. The second-order valence-electron chi connectivity index (χ2n) is 11.9. The molecule has 5 heteroatoms. The van der Waals surface area contributed by atoms with Gasteiger partial charge in [-0.2, -0.15) is 0 Å². The van der Waals surface area contributed by atoms with Crippen LogP contribution in [0.1, 0.15) is 72.8 Å². The molecule has 0 saturated carbocycles. The molecule has 1 aliphatic heterocycles. The zero-order chi connectivity index (χ0) is 26.3. The van der Waals surface area contributed by atoms with Crippen LogP contribution in [0.5, 0.6) is 0 Å². The number of benzene rings is 1. The average molecular weight is 503 g/mol. The Hall–Kier alpha value is -1.24. The zero-order valence-corrected chi connectivity index (χ0v) is 24.5. The molecule has 4 nitrogen and oxygen atoms in total. The van der Waals surface area contributed by atoms with Crippen LogP contribution in [0.15, 0.2) is 55.6 Å². The van der Waals surface area contributed by atoms with E-state index >= 15 is 0 Å². The van der Waals surface area contributed by atoms with Gasteiger partial charge in [-0.25, -0.2) is 0 Å². The molecule has 2 rings (SSSR count). The minimum absolute atomic E-state index is 0.0686. The number of hydrogen-bond donors (Lipinski definition) is 0. The van der Waals surface area contributed by atoms with E-state index in [1.165, 1.54) is 0 Å². The minimum atomic E-state index is -2.01. The van der Waals surface area contributed by atoms with Crippen molar-refractivity contribution in [3.63, 3.8) is 0 Å². The first kappa shape index (κ1) is 30.0. The fraction of sp³-hybridized carbons (Fsp3) is 0.667. The third-order valence-electron chi connectivity index (χ3n) is 7.55. The Morgan fingerprint density at radius 2 is 1.57 bits per heavy atom. The summed E-state index contributed by atoms with van der Waals surface area (Å²) in [6.07, 6.45) is 6.87. The molecule has 0 spiro atoms. The van der Waals surface area contributed by atoms with E-state index in [0.717, 1.165) is 31.2 Å². The van der Waals surface area contributed by atoms with Crippen molar-refractivity contribution in [1.82, 2.24) is 0 Å². The number of hydrogen-bond acceptors (Lipinski definition) is 4. The number of epoxide rings is 1. The van der Waals surface area contributed by atoms with Crippen LogP contribution in [0.3, 0.4) is 0 Å². The monoisotopic (exact) mass is 502 g/mol. The molecule has 1 aromatic carbocycles. The van der Waals surface area contributed by atoms with Gasteiger partial charge in [0.05, 0.1) is 42.7 Å². The Balaban J connectivity index is 2.25. The van der Waals surface area contributed by atoms with Crippen LogP contribution in [0.25, 0.3) is 0 Å². The Morgan fingerprint density at radius 1 is 1.00 bits per heavy atom. The molecule has 0 aromatic heterocycles. The highest BCUT2D eigenvalue weighted by Crippen LogP contribution is 2.42. The Labute approximate surface area is 216 Å². The summed E-state index contributed by atoms with van der Waals surface area (Å²) in [5, 5.41) is 0.112. The minimum Gasteiger partial charge on any atom is -0.411 e. The van der Waals surface area contributed by atoms with Gasteiger partial charge in [-0.1, -0.05) is 70.2 Å². The lowest BCUT2D eigenvalue weighted by atomic mass is 9.99. The molecule has 35 heavy (non-hydrogen) atoms. The lowest BCUT2D eigenvalue weighted by molar-refractivity contribution is -0.135. The summed E-state index contributed by atoms with van der Waals surface area (Å²) in [6.45, 7) is 26.5. The summed E-state index contributed by atoms with van der Waals surface area (Å²) in [5.41, 5.74) is 1.05. The van der Waals surface area contributed by atoms with E-state index in [2.05, 4.69) is 79.9 Å². The molecular weight excluding hydrogens is 452 g/mol. The molecule has 5 atom stereocenters. The van der Waals surface area contributed by atoms with Crippen molar-refractivity contribution < 1.29 is 18.6 Å². The van der Waals surface area contributed by atoms with Crippen LogP contribution in [-0.4, -0.2) is 44.4 Å². The molecule has 0 bridgehead atoms. The SMILES string of the molecule is C=CC[C@@H](OCc1ccccc1)[C@H](CC)O[C@@H](CC1OC1(C)C)[C@@H](CC=C)O[Si](C)(C)C(C)(C)C.